The van der Waals surface area contributed by atoms with E-state index in [4.69, 9.17) is 0 Å². The van der Waals surface area contributed by atoms with Gasteiger partial charge in [0, 0.05) is 6.54 Å². The first kappa shape index (κ1) is 9.37. The van der Waals surface area contributed by atoms with Gasteiger partial charge in [-0.1, -0.05) is 6.08 Å². The molecule has 0 fully saturated rings. The number of ketones is 1. The lowest BCUT2D eigenvalue weighted by Crippen LogP contribution is -2.34. The first-order valence-corrected chi connectivity index (χ1v) is 3.41. The van der Waals surface area contributed by atoms with E-state index in [1.54, 1.807) is 13.0 Å². The molecule has 0 heterocycles. The number of carbonyl (C=O) groups excluding carboxylic acids is 1. The minimum Gasteiger partial charge on any atom is -0.298 e. The summed E-state index contributed by atoms with van der Waals surface area (Å²) in [7, 11) is 1.91. The average Bonchev–Trinajstić information content (AvgIpc) is 1.87. The van der Waals surface area contributed by atoms with Gasteiger partial charge in [0.05, 0.1) is 6.04 Å². The van der Waals surface area contributed by atoms with Crippen molar-refractivity contribution in [3.63, 3.8) is 0 Å². The summed E-state index contributed by atoms with van der Waals surface area (Å²) in [5, 5.41) is 0. The summed E-state index contributed by atoms with van der Waals surface area (Å²) in [6, 6.07) is 0.0120. The molecule has 0 unspecified atom stereocenters. The second-order valence-corrected chi connectivity index (χ2v) is 2.51. The maximum atomic E-state index is 10.8. The summed E-state index contributed by atoms with van der Waals surface area (Å²) in [5.41, 5.74) is 0. The minimum absolute atomic E-state index is 0.0120. The Morgan fingerprint density at radius 1 is 1.80 bits per heavy atom. The van der Waals surface area contributed by atoms with Crippen molar-refractivity contribution < 1.29 is 4.79 Å². The second-order valence-electron chi connectivity index (χ2n) is 2.51. The lowest BCUT2D eigenvalue weighted by atomic mass is 10.2. The van der Waals surface area contributed by atoms with Crippen LogP contribution in [0.15, 0.2) is 12.7 Å². The number of carbonyl (C=O) groups is 1. The Balaban J connectivity index is 3.80. The molecule has 1 atom stereocenters. The summed E-state index contributed by atoms with van der Waals surface area (Å²) < 4.78 is 0. The Labute approximate surface area is 62.5 Å². The van der Waals surface area contributed by atoms with Crippen molar-refractivity contribution in [2.45, 2.75) is 19.9 Å². The van der Waals surface area contributed by atoms with Gasteiger partial charge in [-0.2, -0.15) is 0 Å². The molecule has 10 heavy (non-hydrogen) atoms. The van der Waals surface area contributed by atoms with Gasteiger partial charge in [-0.05, 0) is 20.9 Å². The summed E-state index contributed by atoms with van der Waals surface area (Å²) in [6.45, 7) is 7.85. The van der Waals surface area contributed by atoms with Gasteiger partial charge in [-0.3, -0.25) is 9.69 Å². The smallest absolute Gasteiger partial charge is 0.146 e. The Kier molecular flexibility index (Phi) is 3.96. The van der Waals surface area contributed by atoms with Gasteiger partial charge < -0.3 is 0 Å². The highest BCUT2D eigenvalue weighted by Gasteiger charge is 2.10. The highest BCUT2D eigenvalue weighted by molar-refractivity contribution is 5.80. The highest BCUT2D eigenvalue weighted by atomic mass is 16.1. The molecule has 0 radical (unpaired) electrons. The molecule has 0 saturated heterocycles. The standard InChI is InChI=1S/C8H15NO/c1-5-6-9(4)7(2)8(3)10/h5,7H,1,6H2,2-4H3/t7-/m0/s1. The number of rotatable bonds is 4. The van der Waals surface area contributed by atoms with E-state index in [9.17, 15) is 4.79 Å². The Bertz CT molecular complexity index is 131. The number of hydrogen-bond donors (Lipinski definition) is 0. The van der Waals surface area contributed by atoms with E-state index in [0.29, 0.717) is 0 Å². The monoisotopic (exact) mass is 141 g/mol. The molecule has 2 heteroatoms. The lowest BCUT2D eigenvalue weighted by Gasteiger charge is -2.19. The molecular weight excluding hydrogens is 126 g/mol. The van der Waals surface area contributed by atoms with Gasteiger partial charge in [0.1, 0.15) is 5.78 Å². The molecule has 2 nitrogen and oxygen atoms in total. The van der Waals surface area contributed by atoms with E-state index >= 15 is 0 Å². The van der Waals surface area contributed by atoms with E-state index < -0.39 is 0 Å². The van der Waals surface area contributed by atoms with Crippen LogP contribution < -0.4 is 0 Å². The van der Waals surface area contributed by atoms with Crippen LogP contribution in [0, 0.1) is 0 Å². The Morgan fingerprint density at radius 2 is 2.30 bits per heavy atom. The van der Waals surface area contributed by atoms with Crippen molar-refractivity contribution in [1.82, 2.24) is 4.90 Å². The first-order chi connectivity index (χ1) is 4.59. The third kappa shape index (κ3) is 2.78. The SMILES string of the molecule is C=CCN(C)[C@@H](C)C(C)=O. The van der Waals surface area contributed by atoms with Crippen molar-refractivity contribution in [3.8, 4) is 0 Å². The molecule has 0 aliphatic rings. The van der Waals surface area contributed by atoms with Crippen molar-refractivity contribution in [3.05, 3.63) is 12.7 Å². The summed E-state index contributed by atoms with van der Waals surface area (Å²) in [4.78, 5) is 12.7. The molecule has 0 aromatic rings. The topological polar surface area (TPSA) is 20.3 Å². The van der Waals surface area contributed by atoms with Crippen LogP contribution in [0.25, 0.3) is 0 Å². The lowest BCUT2D eigenvalue weighted by molar-refractivity contribution is -0.120. The van der Waals surface area contributed by atoms with Gasteiger partial charge in [0.25, 0.3) is 0 Å². The van der Waals surface area contributed by atoms with Crippen LogP contribution in [0.2, 0.25) is 0 Å². The molecule has 0 bridgehead atoms. The maximum absolute atomic E-state index is 10.8. The minimum atomic E-state index is 0.0120. The van der Waals surface area contributed by atoms with Crippen LogP contribution in [0.5, 0.6) is 0 Å². The number of nitrogens with zero attached hydrogens (tertiary/aromatic N) is 1. The predicted octanol–water partition coefficient (Wildman–Crippen LogP) is 1.08. The van der Waals surface area contributed by atoms with Crippen LogP contribution in [0.4, 0.5) is 0 Å². The molecule has 0 spiro atoms. The van der Waals surface area contributed by atoms with Crippen molar-refractivity contribution in [1.29, 1.82) is 0 Å². The van der Waals surface area contributed by atoms with E-state index in [1.165, 1.54) is 0 Å². The second kappa shape index (κ2) is 4.23. The molecule has 0 N–H and O–H groups in total. The highest BCUT2D eigenvalue weighted by Crippen LogP contribution is 1.95. The summed E-state index contributed by atoms with van der Waals surface area (Å²) in [5.74, 6) is 0.198. The molecular formula is C8H15NO. The van der Waals surface area contributed by atoms with Crippen molar-refractivity contribution in [2.24, 2.45) is 0 Å². The zero-order valence-corrected chi connectivity index (χ0v) is 6.92. The molecule has 0 rings (SSSR count). The zero-order valence-electron chi connectivity index (χ0n) is 6.92. The van der Waals surface area contributed by atoms with Crippen LogP contribution in [-0.2, 0) is 4.79 Å². The molecule has 0 aromatic carbocycles. The molecule has 0 amide bonds. The van der Waals surface area contributed by atoms with E-state index in [2.05, 4.69) is 6.58 Å². The van der Waals surface area contributed by atoms with Crippen LogP contribution in [0.3, 0.4) is 0 Å². The van der Waals surface area contributed by atoms with Crippen LogP contribution in [0.1, 0.15) is 13.8 Å². The Morgan fingerprint density at radius 3 is 2.60 bits per heavy atom. The van der Waals surface area contributed by atoms with Gasteiger partial charge in [-0.25, -0.2) is 0 Å². The molecule has 0 saturated carbocycles. The van der Waals surface area contributed by atoms with Crippen LogP contribution in [-0.4, -0.2) is 30.3 Å². The fraction of sp³-hybridized carbons (Fsp3) is 0.625. The largest absolute Gasteiger partial charge is 0.298 e. The third-order valence-corrected chi connectivity index (χ3v) is 1.67. The summed E-state index contributed by atoms with van der Waals surface area (Å²) in [6.07, 6.45) is 1.79. The molecule has 0 aromatic heterocycles. The summed E-state index contributed by atoms with van der Waals surface area (Å²) >= 11 is 0. The van der Waals surface area contributed by atoms with E-state index in [1.807, 2.05) is 18.9 Å². The molecule has 58 valence electrons. The normalized spacial score (nSPS) is 13.2. The zero-order chi connectivity index (χ0) is 8.15. The third-order valence-electron chi connectivity index (χ3n) is 1.67. The predicted molar refractivity (Wildman–Crippen MR) is 43.0 cm³/mol. The van der Waals surface area contributed by atoms with Gasteiger partial charge >= 0.3 is 0 Å². The van der Waals surface area contributed by atoms with Crippen LogP contribution >= 0.6 is 0 Å². The first-order valence-electron chi connectivity index (χ1n) is 3.41. The van der Waals surface area contributed by atoms with Crippen molar-refractivity contribution in [2.75, 3.05) is 13.6 Å². The quantitative estimate of drug-likeness (QED) is 0.546. The Hall–Kier alpha value is -0.630. The van der Waals surface area contributed by atoms with Gasteiger partial charge in [-0.15, -0.1) is 6.58 Å². The molecule has 0 aliphatic heterocycles. The maximum Gasteiger partial charge on any atom is 0.146 e. The fourth-order valence-electron chi connectivity index (χ4n) is 0.672. The number of likely N-dealkylation sites (N-methyl/N-ethyl adjacent to an activating group) is 1. The number of Topliss-reactive ketones (excluding diaryl/α,β-unsaturated/α-hetero) is 1. The number of hydrogen-bond acceptors (Lipinski definition) is 2. The van der Waals surface area contributed by atoms with E-state index in [0.717, 1.165) is 6.54 Å². The fourth-order valence-corrected chi connectivity index (χ4v) is 0.672. The van der Waals surface area contributed by atoms with Gasteiger partial charge in [0.15, 0.2) is 0 Å². The van der Waals surface area contributed by atoms with Crippen molar-refractivity contribution >= 4 is 5.78 Å². The molecule has 0 aliphatic carbocycles. The van der Waals surface area contributed by atoms with E-state index in [-0.39, 0.29) is 11.8 Å². The average molecular weight is 141 g/mol. The van der Waals surface area contributed by atoms with Gasteiger partial charge in [0.2, 0.25) is 0 Å².